The first-order chi connectivity index (χ1) is 14.7. The van der Waals surface area contributed by atoms with Gasteiger partial charge in [0.2, 0.25) is 0 Å². The Hall–Kier alpha value is -3.93. The quantitative estimate of drug-likeness (QED) is 0.502. The lowest BCUT2D eigenvalue weighted by atomic mass is 10.2. The first-order valence-electron chi connectivity index (χ1n) is 9.69. The third-order valence-corrected chi connectivity index (χ3v) is 4.63. The van der Waals surface area contributed by atoms with Crippen molar-refractivity contribution in [1.29, 1.82) is 0 Å². The van der Waals surface area contributed by atoms with Crippen LogP contribution in [-0.2, 0) is 13.1 Å². The normalized spacial score (nSPS) is 10.6. The lowest BCUT2D eigenvalue weighted by Gasteiger charge is -2.19. The molecule has 1 amide bonds. The maximum absolute atomic E-state index is 12.8. The molecule has 0 radical (unpaired) electrons. The number of carbonyl (C=O) groups excluding carboxylic acids is 1. The van der Waals surface area contributed by atoms with E-state index in [0.29, 0.717) is 36.2 Å². The molecule has 0 bridgehead atoms. The average Bonchev–Trinajstić information content (AvgIpc) is 3.32. The maximum Gasteiger partial charge on any atom is 0.270 e. The Bertz CT molecular complexity index is 1100. The molecule has 1 N–H and O–H groups in total. The molecule has 0 aliphatic carbocycles. The first-order valence-corrected chi connectivity index (χ1v) is 9.69. The van der Waals surface area contributed by atoms with Crippen LogP contribution in [0.2, 0.25) is 0 Å². The summed E-state index contributed by atoms with van der Waals surface area (Å²) in [7, 11) is 1.95. The van der Waals surface area contributed by atoms with Crippen LogP contribution in [0, 0.1) is 0 Å². The van der Waals surface area contributed by atoms with Gasteiger partial charge in [-0.2, -0.15) is 0 Å². The van der Waals surface area contributed by atoms with Gasteiger partial charge < -0.3 is 14.6 Å². The molecule has 0 saturated carbocycles. The first kappa shape index (κ1) is 19.4. The maximum atomic E-state index is 12.8. The highest BCUT2D eigenvalue weighted by atomic mass is 16.3. The molecule has 4 aromatic rings. The zero-order valence-corrected chi connectivity index (χ0v) is 16.7. The molecular weight excluding hydrogens is 376 g/mol. The number of aromatic nitrogens is 2. The molecule has 0 atom stereocenters. The Morgan fingerprint density at radius 2 is 1.70 bits per heavy atom. The van der Waals surface area contributed by atoms with E-state index in [9.17, 15) is 4.79 Å². The fourth-order valence-corrected chi connectivity index (χ4v) is 3.07. The summed E-state index contributed by atoms with van der Waals surface area (Å²) in [5, 5.41) is 2.85. The van der Waals surface area contributed by atoms with Crippen LogP contribution >= 0.6 is 0 Å². The highest BCUT2D eigenvalue weighted by Crippen LogP contribution is 2.21. The van der Waals surface area contributed by atoms with Crippen molar-refractivity contribution in [1.82, 2.24) is 15.3 Å². The monoisotopic (exact) mass is 398 g/mol. The second-order valence-electron chi connectivity index (χ2n) is 6.90. The van der Waals surface area contributed by atoms with E-state index >= 15 is 0 Å². The Balaban J connectivity index is 1.63. The molecule has 6 heteroatoms. The van der Waals surface area contributed by atoms with E-state index in [4.69, 9.17) is 9.40 Å². The van der Waals surface area contributed by atoms with Crippen molar-refractivity contribution in [2.24, 2.45) is 0 Å². The standard InChI is InChI=1S/C24H22N4O2/c1-28(17-18-9-4-2-5-10-18)22-15-21(24(29)25-16-20-13-8-14-30-20)26-23(27-22)19-11-6-3-7-12-19/h2-15H,16-17H2,1H3,(H,25,29). The molecule has 2 aromatic heterocycles. The SMILES string of the molecule is CN(Cc1ccccc1)c1cc(C(=O)NCc2ccco2)nc(-c2ccccc2)n1. The molecule has 0 aliphatic rings. The molecule has 30 heavy (non-hydrogen) atoms. The number of nitrogens with zero attached hydrogens (tertiary/aromatic N) is 3. The second kappa shape index (κ2) is 9.05. The summed E-state index contributed by atoms with van der Waals surface area (Å²) in [4.78, 5) is 24.0. The van der Waals surface area contributed by atoms with Crippen LogP contribution < -0.4 is 10.2 Å². The van der Waals surface area contributed by atoms with Crippen molar-refractivity contribution in [3.05, 3.63) is 102 Å². The molecule has 0 unspecified atom stereocenters. The van der Waals surface area contributed by atoms with Crippen LogP contribution in [0.5, 0.6) is 0 Å². The molecule has 0 aliphatic heterocycles. The Morgan fingerprint density at radius 1 is 0.967 bits per heavy atom. The van der Waals surface area contributed by atoms with E-state index in [1.165, 1.54) is 0 Å². The minimum atomic E-state index is -0.277. The second-order valence-corrected chi connectivity index (χ2v) is 6.90. The zero-order valence-electron chi connectivity index (χ0n) is 16.7. The van der Waals surface area contributed by atoms with Gasteiger partial charge in [0.15, 0.2) is 5.82 Å². The molecule has 6 nitrogen and oxygen atoms in total. The Labute approximate surface area is 175 Å². The number of hydrogen-bond acceptors (Lipinski definition) is 5. The molecule has 2 heterocycles. The zero-order chi connectivity index (χ0) is 20.8. The fraction of sp³-hybridized carbons (Fsp3) is 0.125. The number of anilines is 1. The average molecular weight is 398 g/mol. The van der Waals surface area contributed by atoms with Crippen molar-refractivity contribution in [2.75, 3.05) is 11.9 Å². The highest BCUT2D eigenvalue weighted by Gasteiger charge is 2.15. The summed E-state index contributed by atoms with van der Waals surface area (Å²) >= 11 is 0. The van der Waals surface area contributed by atoms with Gasteiger partial charge in [0.25, 0.3) is 5.91 Å². The summed E-state index contributed by atoms with van der Waals surface area (Å²) in [5.41, 5.74) is 2.32. The third-order valence-electron chi connectivity index (χ3n) is 4.63. The van der Waals surface area contributed by atoms with Crippen molar-refractivity contribution >= 4 is 11.7 Å². The van der Waals surface area contributed by atoms with Gasteiger partial charge in [-0.25, -0.2) is 9.97 Å². The topological polar surface area (TPSA) is 71.3 Å². The number of amides is 1. The molecule has 150 valence electrons. The van der Waals surface area contributed by atoms with E-state index in [0.717, 1.165) is 11.1 Å². The number of furan rings is 1. The molecular formula is C24H22N4O2. The number of rotatable bonds is 7. The van der Waals surface area contributed by atoms with Crippen LogP contribution in [0.15, 0.2) is 89.5 Å². The van der Waals surface area contributed by atoms with Gasteiger partial charge in [0.05, 0.1) is 12.8 Å². The van der Waals surface area contributed by atoms with Gasteiger partial charge in [-0.15, -0.1) is 0 Å². The van der Waals surface area contributed by atoms with Crippen LogP contribution in [0.3, 0.4) is 0 Å². The predicted octanol–water partition coefficient (Wildman–Crippen LogP) is 4.30. The lowest BCUT2D eigenvalue weighted by Crippen LogP contribution is -2.25. The van der Waals surface area contributed by atoms with E-state index < -0.39 is 0 Å². The summed E-state index contributed by atoms with van der Waals surface area (Å²) in [6.45, 7) is 0.964. The molecule has 4 rings (SSSR count). The van der Waals surface area contributed by atoms with Gasteiger partial charge in [-0.3, -0.25) is 4.79 Å². The largest absolute Gasteiger partial charge is 0.467 e. The van der Waals surface area contributed by atoms with Gasteiger partial charge >= 0.3 is 0 Å². The summed E-state index contributed by atoms with van der Waals surface area (Å²) in [5.74, 6) is 1.59. The number of nitrogens with one attached hydrogen (secondary N) is 1. The van der Waals surface area contributed by atoms with Crippen molar-refractivity contribution in [3.63, 3.8) is 0 Å². The van der Waals surface area contributed by atoms with Crippen LogP contribution in [-0.4, -0.2) is 22.9 Å². The Morgan fingerprint density at radius 3 is 2.40 bits per heavy atom. The van der Waals surface area contributed by atoms with Gasteiger partial charge in [-0.05, 0) is 17.7 Å². The molecule has 0 fully saturated rings. The molecule has 0 spiro atoms. The van der Waals surface area contributed by atoms with E-state index in [1.807, 2.05) is 66.5 Å². The summed E-state index contributed by atoms with van der Waals surface area (Å²) in [6.07, 6.45) is 1.58. The van der Waals surface area contributed by atoms with Crippen molar-refractivity contribution in [3.8, 4) is 11.4 Å². The van der Waals surface area contributed by atoms with Gasteiger partial charge in [0.1, 0.15) is 17.3 Å². The minimum Gasteiger partial charge on any atom is -0.467 e. The minimum absolute atomic E-state index is 0.277. The number of benzene rings is 2. The number of carbonyl (C=O) groups is 1. The molecule has 2 aromatic carbocycles. The summed E-state index contributed by atoms with van der Waals surface area (Å²) in [6, 6.07) is 25.1. The summed E-state index contributed by atoms with van der Waals surface area (Å²) < 4.78 is 5.29. The molecule has 0 saturated heterocycles. The van der Waals surface area contributed by atoms with E-state index in [1.54, 1.807) is 18.4 Å². The fourth-order valence-electron chi connectivity index (χ4n) is 3.07. The smallest absolute Gasteiger partial charge is 0.270 e. The van der Waals surface area contributed by atoms with E-state index in [2.05, 4.69) is 22.4 Å². The Kier molecular flexibility index (Phi) is 5.85. The van der Waals surface area contributed by atoms with Crippen LogP contribution in [0.1, 0.15) is 21.8 Å². The van der Waals surface area contributed by atoms with Crippen molar-refractivity contribution in [2.45, 2.75) is 13.1 Å². The van der Waals surface area contributed by atoms with Gasteiger partial charge in [-0.1, -0.05) is 60.7 Å². The van der Waals surface area contributed by atoms with Crippen molar-refractivity contribution < 1.29 is 9.21 Å². The van der Waals surface area contributed by atoms with Crippen LogP contribution in [0.4, 0.5) is 5.82 Å². The van der Waals surface area contributed by atoms with Crippen LogP contribution in [0.25, 0.3) is 11.4 Å². The number of hydrogen-bond donors (Lipinski definition) is 1. The van der Waals surface area contributed by atoms with E-state index in [-0.39, 0.29) is 5.91 Å². The third kappa shape index (κ3) is 4.72. The highest BCUT2D eigenvalue weighted by molar-refractivity contribution is 5.93. The lowest BCUT2D eigenvalue weighted by molar-refractivity contribution is 0.0943. The van der Waals surface area contributed by atoms with Gasteiger partial charge in [0, 0.05) is 25.2 Å². The predicted molar refractivity (Wildman–Crippen MR) is 116 cm³/mol.